The van der Waals surface area contributed by atoms with E-state index in [2.05, 4.69) is 5.32 Å². The van der Waals surface area contributed by atoms with Crippen LogP contribution in [0.4, 0.5) is 9.59 Å². The van der Waals surface area contributed by atoms with Gasteiger partial charge in [0.1, 0.15) is 5.60 Å². The Morgan fingerprint density at radius 1 is 1.00 bits per heavy atom. The molecule has 194 valence electrons. The molecule has 0 fully saturated rings. The van der Waals surface area contributed by atoms with Gasteiger partial charge in [-0.05, 0) is 54.9 Å². The molecule has 0 bridgehead atoms. The highest BCUT2D eigenvalue weighted by Gasteiger charge is 2.43. The molecule has 0 spiro atoms. The number of alkyl carbamates (subject to hydrolysis) is 1. The molecule has 2 aromatic carbocycles. The lowest BCUT2D eigenvalue weighted by molar-refractivity contribution is -0.139. The normalized spacial score (nSPS) is 14.4. The fourth-order valence-corrected chi connectivity index (χ4v) is 4.93. The summed E-state index contributed by atoms with van der Waals surface area (Å²) in [5.41, 5.74) is 3.13. The zero-order valence-electron chi connectivity index (χ0n) is 21.8. The Labute approximate surface area is 212 Å². The first-order chi connectivity index (χ1) is 16.9. The third kappa shape index (κ3) is 5.98. The number of hydrogen-bond donors (Lipinski definition) is 2. The molecule has 36 heavy (non-hydrogen) atoms. The molecule has 0 saturated carbocycles. The van der Waals surface area contributed by atoms with Crippen LogP contribution in [0.2, 0.25) is 0 Å². The summed E-state index contributed by atoms with van der Waals surface area (Å²) in [7, 11) is 1.29. The molecule has 2 unspecified atom stereocenters. The molecule has 3 rings (SSSR count). The summed E-state index contributed by atoms with van der Waals surface area (Å²) >= 11 is 0. The van der Waals surface area contributed by atoms with Gasteiger partial charge in [0, 0.05) is 6.54 Å². The van der Waals surface area contributed by atoms with Crippen molar-refractivity contribution in [3.63, 3.8) is 0 Å². The van der Waals surface area contributed by atoms with Crippen molar-refractivity contribution in [1.29, 1.82) is 0 Å². The number of carboxylic acids is 1. The standard InChI is InChI=1S/C28H36N2O6/c1-17(2)22(16-29-26(33)36-28(3,4)5)23(15-24(31)32)30(27(34)35-6)25-20-13-9-7-11-18(20)19-12-8-10-14-21(19)25/h7-14,17,22-23,25H,15-16H2,1-6H3,(H,29,33)(H,31,32). The van der Waals surface area contributed by atoms with Crippen molar-refractivity contribution in [3.8, 4) is 11.1 Å². The van der Waals surface area contributed by atoms with E-state index in [1.54, 1.807) is 25.7 Å². The van der Waals surface area contributed by atoms with Gasteiger partial charge in [0.2, 0.25) is 0 Å². The van der Waals surface area contributed by atoms with Gasteiger partial charge in [0.25, 0.3) is 0 Å². The van der Waals surface area contributed by atoms with Gasteiger partial charge >= 0.3 is 18.2 Å². The molecule has 8 nitrogen and oxygen atoms in total. The average Bonchev–Trinajstić information content (AvgIpc) is 3.12. The van der Waals surface area contributed by atoms with E-state index in [4.69, 9.17) is 9.47 Å². The molecule has 2 aromatic rings. The van der Waals surface area contributed by atoms with Crippen LogP contribution in [0.1, 0.15) is 58.2 Å². The van der Waals surface area contributed by atoms with Crippen molar-refractivity contribution in [2.75, 3.05) is 13.7 Å². The number of carbonyl (C=O) groups excluding carboxylic acids is 2. The molecule has 0 heterocycles. The first-order valence-electron chi connectivity index (χ1n) is 12.2. The van der Waals surface area contributed by atoms with Crippen LogP contribution in [0.25, 0.3) is 11.1 Å². The topological polar surface area (TPSA) is 105 Å². The summed E-state index contributed by atoms with van der Waals surface area (Å²) in [6, 6.07) is 14.3. The maximum absolute atomic E-state index is 13.4. The van der Waals surface area contributed by atoms with Crippen LogP contribution >= 0.6 is 0 Å². The lowest BCUT2D eigenvalue weighted by atomic mass is 9.84. The summed E-state index contributed by atoms with van der Waals surface area (Å²) < 4.78 is 10.6. The van der Waals surface area contributed by atoms with Crippen LogP contribution in [0.3, 0.4) is 0 Å². The highest BCUT2D eigenvalue weighted by Crippen LogP contribution is 2.48. The van der Waals surface area contributed by atoms with Gasteiger partial charge < -0.3 is 19.9 Å². The van der Waals surface area contributed by atoms with E-state index in [0.29, 0.717) is 0 Å². The summed E-state index contributed by atoms with van der Waals surface area (Å²) in [4.78, 5) is 39.4. The molecule has 0 aliphatic heterocycles. The molecule has 1 aliphatic rings. The highest BCUT2D eigenvalue weighted by molar-refractivity contribution is 5.82. The Balaban J connectivity index is 2.07. The van der Waals surface area contributed by atoms with Gasteiger partial charge in [-0.15, -0.1) is 0 Å². The number of nitrogens with one attached hydrogen (secondary N) is 1. The Morgan fingerprint density at radius 3 is 1.97 bits per heavy atom. The van der Waals surface area contributed by atoms with Crippen LogP contribution < -0.4 is 5.32 Å². The molecule has 2 atom stereocenters. The minimum Gasteiger partial charge on any atom is -0.481 e. The predicted molar refractivity (Wildman–Crippen MR) is 137 cm³/mol. The number of benzene rings is 2. The van der Waals surface area contributed by atoms with Crippen LogP contribution in [0, 0.1) is 11.8 Å². The third-order valence-electron chi connectivity index (χ3n) is 6.44. The molecular formula is C28H36N2O6. The first-order valence-corrected chi connectivity index (χ1v) is 12.2. The number of ether oxygens (including phenoxy) is 2. The van der Waals surface area contributed by atoms with Crippen molar-refractivity contribution in [2.24, 2.45) is 11.8 Å². The van der Waals surface area contributed by atoms with E-state index in [1.165, 1.54) is 7.11 Å². The predicted octanol–water partition coefficient (Wildman–Crippen LogP) is 5.47. The number of carboxylic acid groups (broad SMARTS) is 1. The minimum absolute atomic E-state index is 0.0664. The lowest BCUT2D eigenvalue weighted by Gasteiger charge is -2.41. The van der Waals surface area contributed by atoms with Crippen LogP contribution in [-0.4, -0.2) is 53.5 Å². The fraction of sp³-hybridized carbons (Fsp3) is 0.464. The van der Waals surface area contributed by atoms with E-state index in [0.717, 1.165) is 22.3 Å². The van der Waals surface area contributed by atoms with Crippen molar-refractivity contribution in [2.45, 2.75) is 58.7 Å². The Hall–Kier alpha value is -3.55. The van der Waals surface area contributed by atoms with Gasteiger partial charge in [-0.3, -0.25) is 9.69 Å². The zero-order chi connectivity index (χ0) is 26.6. The van der Waals surface area contributed by atoms with E-state index >= 15 is 0 Å². The number of rotatable bonds is 8. The number of nitrogens with zero attached hydrogens (tertiary/aromatic N) is 1. The molecule has 0 saturated heterocycles. The second-order valence-corrected chi connectivity index (χ2v) is 10.4. The van der Waals surface area contributed by atoms with E-state index in [1.807, 2.05) is 62.4 Å². The van der Waals surface area contributed by atoms with Crippen molar-refractivity contribution in [3.05, 3.63) is 59.7 Å². The van der Waals surface area contributed by atoms with Gasteiger partial charge in [-0.25, -0.2) is 9.59 Å². The molecule has 8 heteroatoms. The molecule has 2 amide bonds. The van der Waals surface area contributed by atoms with Crippen molar-refractivity contribution >= 4 is 18.2 Å². The van der Waals surface area contributed by atoms with Crippen molar-refractivity contribution in [1.82, 2.24) is 10.2 Å². The minimum atomic E-state index is -1.05. The van der Waals surface area contributed by atoms with Crippen LogP contribution in [0.15, 0.2) is 48.5 Å². The summed E-state index contributed by atoms with van der Waals surface area (Å²) in [6.07, 6.45) is -1.53. The van der Waals surface area contributed by atoms with Crippen LogP contribution in [-0.2, 0) is 14.3 Å². The Bertz CT molecular complexity index is 1060. The van der Waals surface area contributed by atoms with E-state index < -0.39 is 41.8 Å². The van der Waals surface area contributed by atoms with E-state index in [-0.39, 0.29) is 18.9 Å². The number of aliphatic carboxylic acids is 1. The monoisotopic (exact) mass is 496 g/mol. The van der Waals surface area contributed by atoms with Crippen LogP contribution in [0.5, 0.6) is 0 Å². The first kappa shape index (κ1) is 27.0. The smallest absolute Gasteiger partial charge is 0.410 e. The maximum atomic E-state index is 13.4. The summed E-state index contributed by atoms with van der Waals surface area (Å²) in [6.45, 7) is 9.34. The average molecular weight is 497 g/mol. The summed E-state index contributed by atoms with van der Waals surface area (Å²) in [5, 5.41) is 12.7. The fourth-order valence-electron chi connectivity index (χ4n) is 4.93. The highest BCUT2D eigenvalue weighted by atomic mass is 16.6. The number of hydrogen-bond acceptors (Lipinski definition) is 5. The molecule has 1 aliphatic carbocycles. The largest absolute Gasteiger partial charge is 0.481 e. The van der Waals surface area contributed by atoms with Gasteiger partial charge in [-0.1, -0.05) is 62.4 Å². The maximum Gasteiger partial charge on any atom is 0.410 e. The molecule has 0 radical (unpaired) electrons. The van der Waals surface area contributed by atoms with Crippen molar-refractivity contribution < 1.29 is 29.0 Å². The quantitative estimate of drug-likeness (QED) is 0.502. The molecular weight excluding hydrogens is 460 g/mol. The number of methoxy groups -OCH3 is 1. The third-order valence-corrected chi connectivity index (χ3v) is 6.44. The zero-order valence-corrected chi connectivity index (χ0v) is 21.8. The SMILES string of the molecule is COC(=O)N(C1c2ccccc2-c2ccccc21)C(CC(=O)O)C(CNC(=O)OC(C)(C)C)C(C)C. The van der Waals surface area contributed by atoms with E-state index in [9.17, 15) is 19.5 Å². The molecule has 0 aromatic heterocycles. The second-order valence-electron chi connectivity index (χ2n) is 10.4. The Kier molecular flexibility index (Phi) is 8.28. The van der Waals surface area contributed by atoms with Gasteiger partial charge in [0.05, 0.1) is 25.6 Å². The van der Waals surface area contributed by atoms with Gasteiger partial charge in [-0.2, -0.15) is 0 Å². The lowest BCUT2D eigenvalue weighted by Crippen LogP contribution is -2.52. The number of amides is 2. The number of carbonyl (C=O) groups is 3. The second kappa shape index (κ2) is 11.0. The number of fused-ring (bicyclic) bond motifs is 3. The molecule has 2 N–H and O–H groups in total. The Morgan fingerprint density at radius 2 is 1.53 bits per heavy atom. The van der Waals surface area contributed by atoms with Gasteiger partial charge in [0.15, 0.2) is 0 Å². The summed E-state index contributed by atoms with van der Waals surface area (Å²) in [5.74, 6) is -1.51.